The number of nitrogens with zero attached hydrogens (tertiary/aromatic N) is 2. The van der Waals surface area contributed by atoms with Crippen LogP contribution in [0, 0.1) is 5.92 Å². The molecular formula is C21H36N4O3. The number of methoxy groups -OCH3 is 2. The molecule has 1 heterocycles. The molecule has 1 atom stereocenters. The first-order valence-electron chi connectivity index (χ1n) is 10.0. The lowest BCUT2D eigenvalue weighted by Gasteiger charge is -2.19. The van der Waals surface area contributed by atoms with E-state index in [-0.39, 0.29) is 0 Å². The maximum atomic E-state index is 5.61. The molecule has 1 fully saturated rings. The molecule has 1 aromatic rings. The summed E-state index contributed by atoms with van der Waals surface area (Å²) in [6.07, 6.45) is 1.09. The van der Waals surface area contributed by atoms with Crippen LogP contribution in [-0.2, 0) is 11.3 Å². The van der Waals surface area contributed by atoms with Gasteiger partial charge in [0.1, 0.15) is 11.5 Å². The monoisotopic (exact) mass is 392 g/mol. The summed E-state index contributed by atoms with van der Waals surface area (Å²) in [5.41, 5.74) is 1.20. The van der Waals surface area contributed by atoms with E-state index in [1.165, 1.54) is 5.56 Å². The van der Waals surface area contributed by atoms with Crippen LogP contribution >= 0.6 is 0 Å². The number of nitrogens with one attached hydrogen (secondary N) is 2. The summed E-state index contributed by atoms with van der Waals surface area (Å²) in [6, 6.07) is 6.43. The van der Waals surface area contributed by atoms with Crippen LogP contribution in [0.1, 0.15) is 25.8 Å². The summed E-state index contributed by atoms with van der Waals surface area (Å²) in [5, 5.41) is 6.85. The molecule has 0 radical (unpaired) electrons. The molecule has 28 heavy (non-hydrogen) atoms. The lowest BCUT2D eigenvalue weighted by molar-refractivity contribution is 0.114. The Morgan fingerprint density at radius 1 is 1.21 bits per heavy atom. The highest BCUT2D eigenvalue weighted by molar-refractivity contribution is 5.80. The van der Waals surface area contributed by atoms with Gasteiger partial charge in [-0.15, -0.1) is 0 Å². The predicted octanol–water partition coefficient (Wildman–Crippen LogP) is 2.12. The Morgan fingerprint density at radius 3 is 2.54 bits per heavy atom. The highest BCUT2D eigenvalue weighted by Gasteiger charge is 2.23. The van der Waals surface area contributed by atoms with Gasteiger partial charge in [-0.2, -0.15) is 0 Å². The second-order valence-electron chi connectivity index (χ2n) is 7.55. The lowest BCUT2D eigenvalue weighted by Crippen LogP contribution is -2.45. The van der Waals surface area contributed by atoms with Crippen molar-refractivity contribution in [3.05, 3.63) is 23.8 Å². The molecule has 0 amide bonds. The molecule has 0 saturated carbocycles. The number of ether oxygens (including phenoxy) is 3. The van der Waals surface area contributed by atoms with Crippen LogP contribution in [0.15, 0.2) is 23.2 Å². The van der Waals surface area contributed by atoms with E-state index in [4.69, 9.17) is 14.2 Å². The van der Waals surface area contributed by atoms with Crippen molar-refractivity contribution < 1.29 is 14.2 Å². The standard InChI is InChI=1S/C21H36N4O3/c1-16(2)15-28-9-7-23-21(22-3)24-18-6-8-25(14-18)13-17-10-19(26-4)12-20(11-17)27-5/h10-12,16,18H,6-9,13-15H2,1-5H3,(H2,22,23,24). The fourth-order valence-corrected chi connectivity index (χ4v) is 3.26. The normalized spacial score (nSPS) is 17.8. The van der Waals surface area contributed by atoms with E-state index in [9.17, 15) is 0 Å². The third-order valence-corrected chi connectivity index (χ3v) is 4.64. The topological polar surface area (TPSA) is 67.4 Å². The predicted molar refractivity (Wildman–Crippen MR) is 113 cm³/mol. The minimum absolute atomic E-state index is 0.385. The summed E-state index contributed by atoms with van der Waals surface area (Å²) in [4.78, 5) is 6.76. The van der Waals surface area contributed by atoms with E-state index in [0.29, 0.717) is 18.6 Å². The largest absolute Gasteiger partial charge is 0.497 e. The van der Waals surface area contributed by atoms with E-state index in [2.05, 4.69) is 46.5 Å². The zero-order valence-corrected chi connectivity index (χ0v) is 18.0. The van der Waals surface area contributed by atoms with Gasteiger partial charge in [0.05, 0.1) is 20.8 Å². The Kier molecular flexibility index (Phi) is 9.37. The van der Waals surface area contributed by atoms with Crippen molar-refractivity contribution >= 4 is 5.96 Å². The minimum Gasteiger partial charge on any atom is -0.497 e. The van der Waals surface area contributed by atoms with Gasteiger partial charge in [0, 0.05) is 51.9 Å². The molecule has 0 bridgehead atoms. The SMILES string of the molecule is CN=C(NCCOCC(C)C)NC1CCN(Cc2cc(OC)cc(OC)c2)C1. The Balaban J connectivity index is 1.76. The second-order valence-corrected chi connectivity index (χ2v) is 7.55. The van der Waals surface area contributed by atoms with Gasteiger partial charge in [0.2, 0.25) is 0 Å². The third kappa shape index (κ3) is 7.56. The number of hydrogen-bond acceptors (Lipinski definition) is 5. The first-order chi connectivity index (χ1) is 13.5. The van der Waals surface area contributed by atoms with Crippen LogP contribution < -0.4 is 20.1 Å². The highest BCUT2D eigenvalue weighted by atomic mass is 16.5. The van der Waals surface area contributed by atoms with Crippen molar-refractivity contribution in [3.63, 3.8) is 0 Å². The third-order valence-electron chi connectivity index (χ3n) is 4.64. The average molecular weight is 393 g/mol. The van der Waals surface area contributed by atoms with Crippen molar-refractivity contribution in [1.82, 2.24) is 15.5 Å². The fourth-order valence-electron chi connectivity index (χ4n) is 3.26. The first kappa shape index (κ1) is 22.3. The molecule has 2 N–H and O–H groups in total. The minimum atomic E-state index is 0.385. The number of guanidine groups is 1. The van der Waals surface area contributed by atoms with E-state index < -0.39 is 0 Å². The van der Waals surface area contributed by atoms with Gasteiger partial charge >= 0.3 is 0 Å². The Hall–Kier alpha value is -1.99. The van der Waals surface area contributed by atoms with Crippen molar-refractivity contribution in [2.45, 2.75) is 32.9 Å². The van der Waals surface area contributed by atoms with Crippen LogP contribution in [-0.4, -0.2) is 71.0 Å². The summed E-state index contributed by atoms with van der Waals surface area (Å²) in [6.45, 7) is 9.44. The van der Waals surface area contributed by atoms with Crippen molar-refractivity contribution in [3.8, 4) is 11.5 Å². The van der Waals surface area contributed by atoms with Crippen LogP contribution in [0.3, 0.4) is 0 Å². The second kappa shape index (κ2) is 11.8. The lowest BCUT2D eigenvalue weighted by atomic mass is 10.2. The van der Waals surface area contributed by atoms with Gasteiger partial charge in [-0.25, -0.2) is 0 Å². The molecule has 2 rings (SSSR count). The maximum Gasteiger partial charge on any atom is 0.191 e. The van der Waals surface area contributed by atoms with Gasteiger partial charge in [-0.1, -0.05) is 13.8 Å². The smallest absolute Gasteiger partial charge is 0.191 e. The molecule has 1 aromatic carbocycles. The molecular weight excluding hydrogens is 356 g/mol. The van der Waals surface area contributed by atoms with Crippen LogP contribution in [0.5, 0.6) is 11.5 Å². The summed E-state index contributed by atoms with van der Waals surface area (Å²) in [7, 11) is 5.17. The molecule has 7 nitrogen and oxygen atoms in total. The Bertz CT molecular complexity index is 599. The highest BCUT2D eigenvalue weighted by Crippen LogP contribution is 2.24. The van der Waals surface area contributed by atoms with Gasteiger partial charge in [-0.05, 0) is 30.0 Å². The molecule has 158 valence electrons. The first-order valence-corrected chi connectivity index (χ1v) is 10.0. The van der Waals surface area contributed by atoms with Crippen LogP contribution in [0.2, 0.25) is 0 Å². The summed E-state index contributed by atoms with van der Waals surface area (Å²) in [5.74, 6) is 3.05. The molecule has 0 aromatic heterocycles. The fraction of sp³-hybridized carbons (Fsp3) is 0.667. The van der Waals surface area contributed by atoms with E-state index in [1.54, 1.807) is 21.3 Å². The van der Waals surface area contributed by atoms with Crippen molar-refractivity contribution in [1.29, 1.82) is 0 Å². The molecule has 1 aliphatic rings. The van der Waals surface area contributed by atoms with E-state index >= 15 is 0 Å². The molecule has 7 heteroatoms. The number of hydrogen-bond donors (Lipinski definition) is 2. The zero-order valence-electron chi connectivity index (χ0n) is 18.0. The van der Waals surface area contributed by atoms with E-state index in [0.717, 1.165) is 56.7 Å². The van der Waals surface area contributed by atoms with Crippen LogP contribution in [0.4, 0.5) is 0 Å². The Labute approximate surface area is 169 Å². The van der Waals surface area contributed by atoms with Crippen LogP contribution in [0.25, 0.3) is 0 Å². The molecule has 0 spiro atoms. The van der Waals surface area contributed by atoms with Crippen molar-refractivity contribution in [2.24, 2.45) is 10.9 Å². The number of benzene rings is 1. The molecule has 1 saturated heterocycles. The number of likely N-dealkylation sites (tertiary alicyclic amines) is 1. The quantitative estimate of drug-likeness (QED) is 0.361. The summed E-state index contributed by atoms with van der Waals surface area (Å²) >= 11 is 0. The van der Waals surface area contributed by atoms with Gasteiger partial charge < -0.3 is 24.8 Å². The average Bonchev–Trinajstić information content (AvgIpc) is 3.12. The van der Waals surface area contributed by atoms with E-state index in [1.807, 2.05) is 6.07 Å². The van der Waals surface area contributed by atoms with Crippen molar-refractivity contribution in [2.75, 3.05) is 54.1 Å². The molecule has 1 aliphatic heterocycles. The Morgan fingerprint density at radius 2 is 1.93 bits per heavy atom. The molecule has 1 unspecified atom stereocenters. The number of aliphatic imine (C=N–C) groups is 1. The van der Waals surface area contributed by atoms with Gasteiger partial charge in [0.15, 0.2) is 5.96 Å². The zero-order chi connectivity index (χ0) is 20.4. The van der Waals surface area contributed by atoms with Gasteiger partial charge in [-0.3, -0.25) is 9.89 Å². The maximum absolute atomic E-state index is 5.61. The molecule has 0 aliphatic carbocycles. The summed E-state index contributed by atoms with van der Waals surface area (Å²) < 4.78 is 16.4. The van der Waals surface area contributed by atoms with Gasteiger partial charge in [0.25, 0.3) is 0 Å². The number of rotatable bonds is 10.